The number of fused-ring (bicyclic) bond motifs is 1. The molecule has 1 aliphatic carbocycles. The second-order valence-electron chi connectivity index (χ2n) is 9.54. The largest absolute Gasteiger partial charge is 0.383 e. The molecule has 1 aromatic carbocycles. The van der Waals surface area contributed by atoms with Crippen LogP contribution in [0.4, 0.5) is 11.8 Å². The first kappa shape index (κ1) is 23.4. The van der Waals surface area contributed by atoms with E-state index in [1.165, 1.54) is 0 Å². The van der Waals surface area contributed by atoms with Crippen LogP contribution in [0.5, 0.6) is 0 Å². The van der Waals surface area contributed by atoms with E-state index >= 15 is 0 Å². The molecule has 184 valence electrons. The van der Waals surface area contributed by atoms with Gasteiger partial charge in [0.15, 0.2) is 0 Å². The van der Waals surface area contributed by atoms with Gasteiger partial charge in [-0.1, -0.05) is 12.1 Å². The van der Waals surface area contributed by atoms with Crippen LogP contribution in [-0.2, 0) is 4.74 Å². The van der Waals surface area contributed by atoms with E-state index in [-0.39, 0.29) is 5.91 Å². The zero-order chi connectivity index (χ0) is 24.4. The Bertz CT molecular complexity index is 1180. The standard InChI is InChI=1S/C26H33N7O2/c1-32-11-13-33(14-12-32)25(34)18-5-3-17(4-6-18)21-15-28-24(27)22-16-29-26(31-23(21)22)30-19-7-9-20(35-2)10-8-19/h3-6,15-16,19-20H,7-14H2,1-2H3,(H2,27,28)(H,29,30,31). The highest BCUT2D eigenvalue weighted by Gasteiger charge is 2.22. The van der Waals surface area contributed by atoms with Crippen LogP contribution in [0, 0.1) is 0 Å². The Morgan fingerprint density at radius 2 is 1.74 bits per heavy atom. The molecule has 0 radical (unpaired) electrons. The summed E-state index contributed by atoms with van der Waals surface area (Å²) >= 11 is 0. The van der Waals surface area contributed by atoms with Crippen LogP contribution in [-0.4, -0.2) is 83.1 Å². The van der Waals surface area contributed by atoms with Gasteiger partial charge in [0, 0.05) is 62.9 Å². The van der Waals surface area contributed by atoms with Crippen LogP contribution in [0.15, 0.2) is 36.7 Å². The lowest BCUT2D eigenvalue weighted by atomic mass is 9.93. The van der Waals surface area contributed by atoms with Crippen molar-refractivity contribution in [2.45, 2.75) is 37.8 Å². The van der Waals surface area contributed by atoms with E-state index in [1.54, 1.807) is 19.5 Å². The van der Waals surface area contributed by atoms with Crippen molar-refractivity contribution in [2.24, 2.45) is 0 Å². The monoisotopic (exact) mass is 475 g/mol. The number of carbonyl (C=O) groups excluding carboxylic acids is 1. The molecule has 1 aliphatic heterocycles. The number of hydrogen-bond donors (Lipinski definition) is 2. The van der Waals surface area contributed by atoms with Crippen molar-refractivity contribution in [1.29, 1.82) is 0 Å². The summed E-state index contributed by atoms with van der Waals surface area (Å²) in [7, 11) is 3.86. The quantitative estimate of drug-likeness (QED) is 0.580. The Hall–Kier alpha value is -3.30. The maximum absolute atomic E-state index is 12.9. The lowest BCUT2D eigenvalue weighted by Crippen LogP contribution is -2.47. The molecular formula is C26H33N7O2. The van der Waals surface area contributed by atoms with Gasteiger partial charge in [-0.25, -0.2) is 15.0 Å². The molecule has 35 heavy (non-hydrogen) atoms. The Kier molecular flexibility index (Phi) is 6.79. The lowest BCUT2D eigenvalue weighted by molar-refractivity contribution is 0.0664. The summed E-state index contributed by atoms with van der Waals surface area (Å²) in [6, 6.07) is 8.00. The molecule has 9 heteroatoms. The smallest absolute Gasteiger partial charge is 0.253 e. The Balaban J connectivity index is 1.38. The fraction of sp³-hybridized carbons (Fsp3) is 0.462. The third-order valence-corrected chi connectivity index (χ3v) is 7.23. The van der Waals surface area contributed by atoms with Gasteiger partial charge in [0.1, 0.15) is 5.82 Å². The van der Waals surface area contributed by atoms with Gasteiger partial charge in [-0.15, -0.1) is 0 Å². The van der Waals surface area contributed by atoms with Crippen molar-refractivity contribution >= 4 is 28.6 Å². The van der Waals surface area contributed by atoms with Crippen molar-refractivity contribution in [3.63, 3.8) is 0 Å². The summed E-state index contributed by atoms with van der Waals surface area (Å²) in [5.74, 6) is 1.06. The summed E-state index contributed by atoms with van der Waals surface area (Å²) in [4.78, 5) is 30.8. The van der Waals surface area contributed by atoms with E-state index in [1.807, 2.05) is 29.2 Å². The fourth-order valence-corrected chi connectivity index (χ4v) is 4.93. The molecule has 0 unspecified atom stereocenters. The lowest BCUT2D eigenvalue weighted by Gasteiger charge is -2.32. The number of carbonyl (C=O) groups is 1. The van der Waals surface area contributed by atoms with E-state index < -0.39 is 0 Å². The summed E-state index contributed by atoms with van der Waals surface area (Å²) in [6.45, 7) is 3.31. The first-order valence-corrected chi connectivity index (χ1v) is 12.3. The number of ether oxygens (including phenoxy) is 1. The van der Waals surface area contributed by atoms with Crippen molar-refractivity contribution in [3.05, 3.63) is 42.2 Å². The van der Waals surface area contributed by atoms with Gasteiger partial charge in [-0.3, -0.25) is 4.79 Å². The molecular weight excluding hydrogens is 442 g/mol. The maximum Gasteiger partial charge on any atom is 0.253 e. The van der Waals surface area contributed by atoms with Gasteiger partial charge in [0.25, 0.3) is 5.91 Å². The Labute approximate surface area is 205 Å². The predicted molar refractivity (Wildman–Crippen MR) is 137 cm³/mol. The second kappa shape index (κ2) is 10.1. The number of nitrogens with zero attached hydrogens (tertiary/aromatic N) is 5. The Morgan fingerprint density at radius 3 is 2.43 bits per heavy atom. The fourth-order valence-electron chi connectivity index (χ4n) is 4.93. The summed E-state index contributed by atoms with van der Waals surface area (Å²) in [6.07, 6.45) is 7.93. The molecule has 1 saturated carbocycles. The number of methoxy groups -OCH3 is 1. The number of hydrogen-bond acceptors (Lipinski definition) is 8. The maximum atomic E-state index is 12.9. The third kappa shape index (κ3) is 5.06. The molecule has 0 spiro atoms. The molecule has 2 fully saturated rings. The number of piperazine rings is 1. The molecule has 1 saturated heterocycles. The number of pyridine rings is 1. The summed E-state index contributed by atoms with van der Waals surface area (Å²) in [5, 5.41) is 4.20. The highest BCUT2D eigenvalue weighted by molar-refractivity contribution is 5.99. The topological polar surface area (TPSA) is 109 Å². The molecule has 3 N–H and O–H groups in total. The molecule has 9 nitrogen and oxygen atoms in total. The van der Waals surface area contributed by atoms with Gasteiger partial charge in [0.2, 0.25) is 5.95 Å². The van der Waals surface area contributed by atoms with Gasteiger partial charge >= 0.3 is 0 Å². The van der Waals surface area contributed by atoms with Gasteiger partial charge < -0.3 is 25.6 Å². The molecule has 0 atom stereocenters. The number of nitrogens with one attached hydrogen (secondary N) is 1. The first-order valence-electron chi connectivity index (χ1n) is 12.3. The van der Waals surface area contributed by atoms with Crippen molar-refractivity contribution < 1.29 is 9.53 Å². The molecule has 2 aromatic heterocycles. The first-order chi connectivity index (χ1) is 17.0. The van der Waals surface area contributed by atoms with Crippen molar-refractivity contribution in [2.75, 3.05) is 51.4 Å². The van der Waals surface area contributed by atoms with E-state index in [9.17, 15) is 4.79 Å². The zero-order valence-electron chi connectivity index (χ0n) is 20.4. The van der Waals surface area contributed by atoms with Crippen LogP contribution in [0.3, 0.4) is 0 Å². The number of nitrogen functional groups attached to an aromatic ring is 1. The zero-order valence-corrected chi connectivity index (χ0v) is 20.4. The SMILES string of the molecule is COC1CCC(Nc2ncc3c(N)ncc(-c4ccc(C(=O)N5CCN(C)CC5)cc4)c3n2)CC1. The van der Waals surface area contributed by atoms with E-state index in [0.29, 0.717) is 34.9 Å². The molecule has 0 bridgehead atoms. The molecule has 3 aromatic rings. The second-order valence-corrected chi connectivity index (χ2v) is 9.54. The minimum atomic E-state index is 0.0712. The number of anilines is 2. The molecule has 5 rings (SSSR count). The van der Waals surface area contributed by atoms with Crippen LogP contribution in [0.2, 0.25) is 0 Å². The van der Waals surface area contributed by atoms with E-state index in [4.69, 9.17) is 15.5 Å². The average Bonchev–Trinajstić information content (AvgIpc) is 2.89. The number of likely N-dealkylation sites (N-methyl/N-ethyl adjacent to an activating group) is 1. The molecule has 2 aliphatic rings. The summed E-state index contributed by atoms with van der Waals surface area (Å²) < 4.78 is 5.48. The number of nitrogens with two attached hydrogens (primary N) is 1. The molecule has 1 amide bonds. The van der Waals surface area contributed by atoms with E-state index in [0.717, 1.165) is 68.5 Å². The predicted octanol–water partition coefficient (Wildman–Crippen LogP) is 3.03. The summed E-state index contributed by atoms with van der Waals surface area (Å²) in [5.41, 5.74) is 9.38. The van der Waals surface area contributed by atoms with Crippen LogP contribution >= 0.6 is 0 Å². The number of amides is 1. The highest BCUT2D eigenvalue weighted by atomic mass is 16.5. The highest BCUT2D eigenvalue weighted by Crippen LogP contribution is 2.31. The number of rotatable bonds is 5. The van der Waals surface area contributed by atoms with Crippen LogP contribution in [0.1, 0.15) is 36.0 Å². The minimum absolute atomic E-state index is 0.0712. The average molecular weight is 476 g/mol. The number of aromatic nitrogens is 3. The normalized spacial score (nSPS) is 21.3. The third-order valence-electron chi connectivity index (χ3n) is 7.23. The number of benzene rings is 1. The van der Waals surface area contributed by atoms with E-state index in [2.05, 4.69) is 27.2 Å². The van der Waals surface area contributed by atoms with Gasteiger partial charge in [-0.2, -0.15) is 0 Å². The van der Waals surface area contributed by atoms with Gasteiger partial charge in [-0.05, 0) is 50.4 Å². The van der Waals surface area contributed by atoms with Crippen molar-refractivity contribution in [3.8, 4) is 11.1 Å². The minimum Gasteiger partial charge on any atom is -0.383 e. The van der Waals surface area contributed by atoms with Crippen molar-refractivity contribution in [1.82, 2.24) is 24.8 Å². The van der Waals surface area contributed by atoms with Gasteiger partial charge in [0.05, 0.1) is 17.0 Å². The van der Waals surface area contributed by atoms with Crippen LogP contribution < -0.4 is 11.1 Å². The van der Waals surface area contributed by atoms with Crippen LogP contribution in [0.25, 0.3) is 22.0 Å². The Morgan fingerprint density at radius 1 is 1.03 bits per heavy atom. The molecule has 3 heterocycles.